The van der Waals surface area contributed by atoms with Gasteiger partial charge in [-0.1, -0.05) is 6.07 Å². The minimum atomic E-state index is -0.410. The molecule has 1 aromatic heterocycles. The Hall–Kier alpha value is -3.96. The second kappa shape index (κ2) is 10.9. The van der Waals surface area contributed by atoms with Gasteiger partial charge < -0.3 is 29.3 Å². The van der Waals surface area contributed by atoms with E-state index in [4.69, 9.17) is 14.2 Å². The van der Waals surface area contributed by atoms with E-state index in [9.17, 15) is 4.79 Å². The molecule has 210 valence electrons. The van der Waals surface area contributed by atoms with E-state index in [1.54, 1.807) is 36.7 Å². The topological polar surface area (TPSA) is 92.3 Å². The highest BCUT2D eigenvalue weighted by atomic mass is 19.1. The van der Waals surface area contributed by atoms with Crippen LogP contribution in [0.1, 0.15) is 24.2 Å². The fourth-order valence-electron chi connectivity index (χ4n) is 5.43. The molecule has 2 aromatic carbocycles. The van der Waals surface area contributed by atoms with Crippen LogP contribution in [0, 0.1) is 5.82 Å². The summed E-state index contributed by atoms with van der Waals surface area (Å²) in [5.41, 5.74) is 2.30. The number of halogens is 1. The van der Waals surface area contributed by atoms with Gasteiger partial charge in [-0.15, -0.1) is 0 Å². The Morgan fingerprint density at radius 3 is 2.48 bits per heavy atom. The van der Waals surface area contributed by atoms with Crippen molar-refractivity contribution in [2.45, 2.75) is 25.9 Å². The van der Waals surface area contributed by atoms with Gasteiger partial charge in [0, 0.05) is 61.8 Å². The number of piperazine rings is 1. The Labute approximate surface area is 232 Å². The van der Waals surface area contributed by atoms with E-state index in [-0.39, 0.29) is 24.8 Å². The first-order valence-corrected chi connectivity index (χ1v) is 13.5. The molecular formula is C29H33FN6O4. The molecule has 1 N–H and O–H groups in total. The molecule has 0 saturated carbocycles. The second-order valence-electron chi connectivity index (χ2n) is 10.5. The molecule has 10 nitrogen and oxygen atoms in total. The molecule has 2 saturated heterocycles. The molecule has 0 aliphatic carbocycles. The number of hydrogen-bond donors (Lipinski definition) is 1. The molecule has 40 heavy (non-hydrogen) atoms. The van der Waals surface area contributed by atoms with E-state index in [0.717, 1.165) is 0 Å². The molecule has 0 spiro atoms. The van der Waals surface area contributed by atoms with E-state index in [1.807, 2.05) is 4.90 Å². The zero-order valence-corrected chi connectivity index (χ0v) is 22.9. The lowest BCUT2D eigenvalue weighted by atomic mass is 10.0. The van der Waals surface area contributed by atoms with Crippen LogP contribution in [0.2, 0.25) is 0 Å². The number of anilines is 3. The summed E-state index contributed by atoms with van der Waals surface area (Å²) in [6, 6.07) is 8.86. The fourth-order valence-corrected chi connectivity index (χ4v) is 5.43. The molecule has 0 unspecified atom stereocenters. The lowest BCUT2D eigenvalue weighted by Gasteiger charge is -2.44. The fraction of sp³-hybridized carbons (Fsp3) is 0.414. The maximum absolute atomic E-state index is 15.8. The third kappa shape index (κ3) is 5.02. The number of aromatic nitrogens is 2. The summed E-state index contributed by atoms with van der Waals surface area (Å²) < 4.78 is 32.2. The molecule has 4 heterocycles. The average molecular weight is 549 g/mol. The number of hydrogen-bond acceptors (Lipinski definition) is 9. The molecule has 6 rings (SSSR count). The number of benzene rings is 2. The van der Waals surface area contributed by atoms with Gasteiger partial charge in [0.05, 0.1) is 30.2 Å². The van der Waals surface area contributed by atoms with Crippen LogP contribution in [0.25, 0.3) is 11.1 Å². The van der Waals surface area contributed by atoms with Crippen LogP contribution in [0.5, 0.6) is 11.5 Å². The predicted molar refractivity (Wildman–Crippen MR) is 150 cm³/mol. The predicted octanol–water partition coefficient (Wildman–Crippen LogP) is 3.63. The van der Waals surface area contributed by atoms with Gasteiger partial charge in [-0.05, 0) is 45.2 Å². The van der Waals surface area contributed by atoms with Crippen LogP contribution in [0.4, 0.5) is 21.7 Å². The van der Waals surface area contributed by atoms with Crippen LogP contribution < -0.4 is 24.6 Å². The Balaban J connectivity index is 1.36. The maximum atomic E-state index is 15.8. The largest absolute Gasteiger partial charge is 0.454 e. The van der Waals surface area contributed by atoms with Gasteiger partial charge in [-0.2, -0.15) is 0 Å². The Bertz CT molecular complexity index is 1390. The van der Waals surface area contributed by atoms with Crippen LogP contribution >= 0.6 is 0 Å². The summed E-state index contributed by atoms with van der Waals surface area (Å²) in [6.07, 6.45) is 3.24. The number of ether oxygens (including phenoxy) is 3. The zero-order valence-electron chi connectivity index (χ0n) is 22.9. The lowest BCUT2D eigenvalue weighted by Crippen LogP contribution is -2.55. The number of amides is 1. The normalized spacial score (nSPS) is 21.0. The first-order valence-electron chi connectivity index (χ1n) is 13.5. The van der Waals surface area contributed by atoms with Crippen molar-refractivity contribution in [1.82, 2.24) is 14.9 Å². The van der Waals surface area contributed by atoms with Gasteiger partial charge in [-0.3, -0.25) is 9.69 Å². The quantitative estimate of drug-likeness (QED) is 0.513. The van der Waals surface area contributed by atoms with Crippen LogP contribution in [0.15, 0.2) is 42.7 Å². The van der Waals surface area contributed by atoms with E-state index < -0.39 is 5.82 Å². The number of carbonyl (C=O) groups is 1. The van der Waals surface area contributed by atoms with Crippen molar-refractivity contribution < 1.29 is 23.4 Å². The highest BCUT2D eigenvalue weighted by molar-refractivity contribution is 6.08. The van der Waals surface area contributed by atoms with E-state index in [0.29, 0.717) is 84.9 Å². The first kappa shape index (κ1) is 26.3. The van der Waals surface area contributed by atoms with Crippen molar-refractivity contribution in [2.75, 3.05) is 68.4 Å². The number of fused-ring (bicyclic) bond motifs is 1. The number of nitrogens with zero attached hydrogens (tertiary/aromatic N) is 5. The first-order chi connectivity index (χ1) is 19.4. The molecule has 0 bridgehead atoms. The molecule has 3 aliphatic heterocycles. The van der Waals surface area contributed by atoms with Crippen molar-refractivity contribution >= 4 is 23.2 Å². The summed E-state index contributed by atoms with van der Waals surface area (Å²) >= 11 is 0. The molecule has 1 amide bonds. The Kier molecular flexibility index (Phi) is 7.16. The Morgan fingerprint density at radius 1 is 1.02 bits per heavy atom. The van der Waals surface area contributed by atoms with E-state index in [1.165, 1.54) is 6.07 Å². The zero-order chi connectivity index (χ0) is 27.8. The van der Waals surface area contributed by atoms with Gasteiger partial charge in [0.2, 0.25) is 12.7 Å². The number of nitrogens with one attached hydrogen (secondary N) is 1. The summed E-state index contributed by atoms with van der Waals surface area (Å²) in [6.45, 7) is 8.38. The maximum Gasteiger partial charge on any atom is 0.259 e. The molecule has 3 aliphatic rings. The SMILES string of the molecule is C[C@@H]1CN(c2cc(F)c(-c3cnc(N4CCOCC4)nc3)cc2NC(=O)c2cccc3c2OCO3)C[C@H](C)N1C. The van der Waals surface area contributed by atoms with Gasteiger partial charge in [0.25, 0.3) is 5.91 Å². The monoisotopic (exact) mass is 548 g/mol. The minimum absolute atomic E-state index is 0.0586. The summed E-state index contributed by atoms with van der Waals surface area (Å²) in [7, 11) is 2.09. The minimum Gasteiger partial charge on any atom is -0.454 e. The number of rotatable bonds is 5. The van der Waals surface area contributed by atoms with Crippen molar-refractivity contribution in [3.05, 3.63) is 54.1 Å². The van der Waals surface area contributed by atoms with Gasteiger partial charge in [-0.25, -0.2) is 14.4 Å². The average Bonchev–Trinajstić information content (AvgIpc) is 3.46. The van der Waals surface area contributed by atoms with Crippen LogP contribution in [-0.4, -0.2) is 86.1 Å². The number of para-hydroxylation sites is 1. The molecule has 0 radical (unpaired) electrons. The highest BCUT2D eigenvalue weighted by Crippen LogP contribution is 2.38. The molecule has 11 heteroatoms. The van der Waals surface area contributed by atoms with E-state index >= 15 is 4.39 Å². The third-order valence-corrected chi connectivity index (χ3v) is 7.92. The Morgan fingerprint density at radius 2 is 1.75 bits per heavy atom. The van der Waals surface area contributed by atoms with Crippen LogP contribution in [-0.2, 0) is 4.74 Å². The van der Waals surface area contributed by atoms with Crippen molar-refractivity contribution in [1.29, 1.82) is 0 Å². The third-order valence-electron chi connectivity index (χ3n) is 7.92. The highest BCUT2D eigenvalue weighted by Gasteiger charge is 2.30. The van der Waals surface area contributed by atoms with Crippen molar-refractivity contribution in [2.24, 2.45) is 0 Å². The standard InChI is InChI=1S/C29H33FN6O4/c1-18-15-36(16-19(2)34(18)3)25-12-23(30)22(20-13-31-29(32-14-20)35-7-9-38-10-8-35)11-24(25)33-28(37)21-5-4-6-26-27(21)40-17-39-26/h4-6,11-14,18-19H,7-10,15-17H2,1-3H3,(H,33,37)/t18-,19+. The smallest absolute Gasteiger partial charge is 0.259 e. The number of carbonyl (C=O) groups excluding carboxylic acids is 1. The summed E-state index contributed by atoms with van der Waals surface area (Å²) in [5, 5.41) is 3.04. The van der Waals surface area contributed by atoms with Gasteiger partial charge >= 0.3 is 0 Å². The molecule has 2 fully saturated rings. The molecule has 2 atom stereocenters. The summed E-state index contributed by atoms with van der Waals surface area (Å²) in [4.78, 5) is 29.0. The van der Waals surface area contributed by atoms with Crippen molar-refractivity contribution in [3.8, 4) is 22.6 Å². The molecule has 3 aromatic rings. The van der Waals surface area contributed by atoms with E-state index in [2.05, 4.69) is 46.0 Å². The van der Waals surface area contributed by atoms with Crippen LogP contribution in [0.3, 0.4) is 0 Å². The number of morpholine rings is 1. The lowest BCUT2D eigenvalue weighted by molar-refractivity contribution is 0.102. The second-order valence-corrected chi connectivity index (χ2v) is 10.5. The number of likely N-dealkylation sites (N-methyl/N-ethyl adjacent to an activating group) is 1. The summed E-state index contributed by atoms with van der Waals surface area (Å²) in [5.74, 6) is 0.727. The van der Waals surface area contributed by atoms with Crippen molar-refractivity contribution in [3.63, 3.8) is 0 Å². The van der Waals surface area contributed by atoms with Gasteiger partial charge in [0.1, 0.15) is 5.82 Å². The molecular weight excluding hydrogens is 515 g/mol. The van der Waals surface area contributed by atoms with Gasteiger partial charge in [0.15, 0.2) is 11.5 Å².